The lowest BCUT2D eigenvalue weighted by atomic mass is 9.77. The second kappa shape index (κ2) is 18.5. The van der Waals surface area contributed by atoms with E-state index in [1.165, 1.54) is 69.2 Å². The second-order valence-corrected chi connectivity index (χ2v) is 11.9. The normalized spacial score (nSPS) is 17.5. The van der Waals surface area contributed by atoms with Gasteiger partial charge in [0.15, 0.2) is 11.7 Å². The van der Waals surface area contributed by atoms with Gasteiger partial charge in [-0.25, -0.2) is 22.8 Å². The first kappa shape index (κ1) is 36.8. The molecule has 1 unspecified atom stereocenters. The molecule has 6 nitrogen and oxygen atoms in total. The first-order chi connectivity index (χ1) is 22.1. The Morgan fingerprint density at radius 2 is 1.54 bits per heavy atom. The average Bonchev–Trinajstić information content (AvgIpc) is 3.07. The van der Waals surface area contributed by atoms with E-state index in [2.05, 4.69) is 20.1 Å². The van der Waals surface area contributed by atoms with E-state index in [1.807, 2.05) is 0 Å². The van der Waals surface area contributed by atoms with Crippen molar-refractivity contribution in [2.75, 3.05) is 33.5 Å². The molecule has 9 heteroatoms. The minimum Gasteiger partial charge on any atom is -0.461 e. The minimum atomic E-state index is -1.31. The molecule has 0 aromatic heterocycles. The van der Waals surface area contributed by atoms with Crippen LogP contribution in [0, 0.1) is 11.7 Å². The van der Waals surface area contributed by atoms with Gasteiger partial charge in [0.1, 0.15) is 19.0 Å². The summed E-state index contributed by atoms with van der Waals surface area (Å²) in [4.78, 5) is 24.3. The zero-order valence-electron chi connectivity index (χ0n) is 26.8. The largest absolute Gasteiger partial charge is 0.461 e. The van der Waals surface area contributed by atoms with E-state index in [-0.39, 0.29) is 42.4 Å². The first-order valence-electron chi connectivity index (χ1n) is 15.8. The van der Waals surface area contributed by atoms with Gasteiger partial charge in [-0.2, -0.15) is 0 Å². The minimum absolute atomic E-state index is 0.0375. The van der Waals surface area contributed by atoms with Gasteiger partial charge in [0.05, 0.1) is 30.3 Å². The Hall–Kier alpha value is -3.69. The predicted octanol–water partition coefficient (Wildman–Crippen LogP) is 8.37. The van der Waals surface area contributed by atoms with Crippen LogP contribution in [-0.2, 0) is 23.8 Å². The molecular formula is C37H45F3O6. The summed E-state index contributed by atoms with van der Waals surface area (Å²) in [5, 5.41) is 9.13. The smallest absolute Gasteiger partial charge is 0.335 e. The fraction of sp³-hybridized carbons (Fsp3) is 0.459. The zero-order valence-corrected chi connectivity index (χ0v) is 26.8. The molecular weight excluding hydrogens is 597 g/mol. The van der Waals surface area contributed by atoms with Crippen LogP contribution in [0.4, 0.5) is 13.2 Å². The average molecular weight is 643 g/mol. The standard InChI is InChI=1S/C37H45F3O6/c1-5-6-7-8-26-9-11-27(12-10-26)30-17-18-32(33(38)19-30)35(40)34(39)29-15-13-28(14-16-29)31(22-45-36(42)24(2)20-41)23-46-37(43)25(3)21-44-4/h13-19,26-27,31,41H,2-3,5-12,20-23H2,1,4H3/b35-34+. The first-order valence-corrected chi connectivity index (χ1v) is 15.8. The van der Waals surface area contributed by atoms with Crippen molar-refractivity contribution in [2.45, 2.75) is 70.1 Å². The van der Waals surface area contributed by atoms with Crippen LogP contribution in [0.2, 0.25) is 0 Å². The van der Waals surface area contributed by atoms with Crippen LogP contribution in [0.3, 0.4) is 0 Å². The highest BCUT2D eigenvalue weighted by Gasteiger charge is 2.24. The number of rotatable bonds is 17. The van der Waals surface area contributed by atoms with E-state index >= 15 is 13.2 Å². The van der Waals surface area contributed by atoms with Crippen molar-refractivity contribution in [3.63, 3.8) is 0 Å². The van der Waals surface area contributed by atoms with Gasteiger partial charge in [-0.3, -0.25) is 0 Å². The van der Waals surface area contributed by atoms with Crippen LogP contribution in [0.5, 0.6) is 0 Å². The molecule has 0 aliphatic heterocycles. The van der Waals surface area contributed by atoms with Crippen LogP contribution in [0.25, 0.3) is 11.7 Å². The predicted molar refractivity (Wildman–Crippen MR) is 173 cm³/mol. The molecule has 1 aliphatic carbocycles. The Kier molecular flexibility index (Phi) is 14.8. The highest BCUT2D eigenvalue weighted by Crippen LogP contribution is 2.39. The summed E-state index contributed by atoms with van der Waals surface area (Å²) in [6.07, 6.45) is 9.06. The summed E-state index contributed by atoms with van der Waals surface area (Å²) in [6.45, 7) is 8.09. The fourth-order valence-electron chi connectivity index (χ4n) is 5.67. The summed E-state index contributed by atoms with van der Waals surface area (Å²) in [6, 6.07) is 9.88. The molecule has 1 fully saturated rings. The third-order valence-corrected chi connectivity index (χ3v) is 8.51. The molecule has 1 atom stereocenters. The molecule has 2 aromatic rings. The molecule has 46 heavy (non-hydrogen) atoms. The Morgan fingerprint density at radius 3 is 2.11 bits per heavy atom. The van der Waals surface area contributed by atoms with Crippen LogP contribution in [0.15, 0.2) is 66.8 Å². The van der Waals surface area contributed by atoms with Gasteiger partial charge in [0, 0.05) is 18.2 Å². The van der Waals surface area contributed by atoms with E-state index in [9.17, 15) is 9.59 Å². The molecule has 3 rings (SSSR count). The maximum Gasteiger partial charge on any atom is 0.335 e. The third kappa shape index (κ3) is 10.4. The number of methoxy groups -OCH3 is 1. The summed E-state index contributed by atoms with van der Waals surface area (Å²) in [7, 11) is 1.40. The lowest BCUT2D eigenvalue weighted by Gasteiger charge is -2.29. The molecule has 0 heterocycles. The molecule has 1 N–H and O–H groups in total. The Labute approximate surface area is 269 Å². The summed E-state index contributed by atoms with van der Waals surface area (Å²) in [5.74, 6) is -4.67. The molecule has 1 aliphatic rings. The van der Waals surface area contributed by atoms with Crippen molar-refractivity contribution in [1.29, 1.82) is 0 Å². The topological polar surface area (TPSA) is 82.1 Å². The number of hydrogen-bond acceptors (Lipinski definition) is 6. The number of ether oxygens (including phenoxy) is 3. The molecule has 0 bridgehead atoms. The number of carbonyl (C=O) groups excluding carboxylic acids is 2. The monoisotopic (exact) mass is 642 g/mol. The highest BCUT2D eigenvalue weighted by molar-refractivity contribution is 5.88. The van der Waals surface area contributed by atoms with E-state index in [0.717, 1.165) is 31.2 Å². The van der Waals surface area contributed by atoms with Crippen LogP contribution in [0.1, 0.15) is 92.4 Å². The SMILES string of the molecule is C=C(CO)C(=O)OCC(COC(=O)C(=C)COC)c1ccc(/C(F)=C(\F)c2ccc(C3CCC(CCCCC)CC3)cc2F)cc1. The van der Waals surface area contributed by atoms with E-state index in [4.69, 9.17) is 19.3 Å². The summed E-state index contributed by atoms with van der Waals surface area (Å²) in [5.41, 5.74) is 0.645. The van der Waals surface area contributed by atoms with E-state index in [1.54, 1.807) is 6.07 Å². The summed E-state index contributed by atoms with van der Waals surface area (Å²) >= 11 is 0. The van der Waals surface area contributed by atoms with Gasteiger partial charge in [0.25, 0.3) is 0 Å². The summed E-state index contributed by atoms with van der Waals surface area (Å²) < 4.78 is 61.0. The molecule has 250 valence electrons. The van der Waals surface area contributed by atoms with Crippen molar-refractivity contribution in [3.05, 3.63) is 94.8 Å². The van der Waals surface area contributed by atoms with Crippen molar-refractivity contribution in [2.24, 2.45) is 5.92 Å². The van der Waals surface area contributed by atoms with Gasteiger partial charge in [-0.05, 0) is 60.8 Å². The van der Waals surface area contributed by atoms with Gasteiger partial charge >= 0.3 is 11.9 Å². The number of unbranched alkanes of at least 4 members (excludes halogenated alkanes) is 2. The highest BCUT2D eigenvalue weighted by atomic mass is 19.2. The molecule has 0 amide bonds. The van der Waals surface area contributed by atoms with Gasteiger partial charge in [0.2, 0.25) is 0 Å². The van der Waals surface area contributed by atoms with Crippen LogP contribution in [-0.4, -0.2) is 50.6 Å². The van der Waals surface area contributed by atoms with E-state index < -0.39 is 47.5 Å². The lowest BCUT2D eigenvalue weighted by molar-refractivity contribution is -0.143. The van der Waals surface area contributed by atoms with Gasteiger partial charge < -0.3 is 19.3 Å². The number of aliphatic hydroxyl groups is 1. The Balaban J connectivity index is 1.72. The molecule has 2 aromatic carbocycles. The molecule has 0 saturated heterocycles. The van der Waals surface area contributed by atoms with Gasteiger partial charge in [-0.15, -0.1) is 0 Å². The van der Waals surface area contributed by atoms with Crippen molar-refractivity contribution < 1.29 is 42.1 Å². The molecule has 1 saturated carbocycles. The number of carbonyl (C=O) groups is 2. The second-order valence-electron chi connectivity index (χ2n) is 11.9. The lowest BCUT2D eigenvalue weighted by Crippen LogP contribution is -2.21. The fourth-order valence-corrected chi connectivity index (χ4v) is 5.67. The Morgan fingerprint density at radius 1 is 0.913 bits per heavy atom. The van der Waals surface area contributed by atoms with Gasteiger partial charge in [-0.1, -0.05) is 76.1 Å². The van der Waals surface area contributed by atoms with Crippen molar-refractivity contribution in [3.8, 4) is 0 Å². The number of halogens is 3. The number of benzene rings is 2. The van der Waals surface area contributed by atoms with E-state index in [0.29, 0.717) is 11.5 Å². The van der Waals surface area contributed by atoms with Crippen molar-refractivity contribution in [1.82, 2.24) is 0 Å². The maximum atomic E-state index is 15.3. The number of esters is 2. The van der Waals surface area contributed by atoms with Crippen LogP contribution >= 0.6 is 0 Å². The number of aliphatic hydroxyl groups excluding tert-OH is 1. The maximum absolute atomic E-state index is 15.3. The van der Waals surface area contributed by atoms with Crippen LogP contribution < -0.4 is 0 Å². The quantitative estimate of drug-likeness (QED) is 0.0808. The third-order valence-electron chi connectivity index (χ3n) is 8.51. The zero-order chi connectivity index (χ0) is 33.6. The van der Waals surface area contributed by atoms with Crippen molar-refractivity contribution >= 4 is 23.6 Å². The number of hydrogen-bond donors (Lipinski definition) is 1. The Bertz CT molecular complexity index is 1380. The molecule has 0 radical (unpaired) electrons. The molecule has 0 spiro atoms.